The van der Waals surface area contributed by atoms with Gasteiger partial charge >= 0.3 is 6.61 Å². The van der Waals surface area contributed by atoms with Crippen LogP contribution >= 0.6 is 0 Å². The molecule has 0 atom stereocenters. The van der Waals surface area contributed by atoms with Gasteiger partial charge in [-0.05, 0) is 25.5 Å². The Morgan fingerprint density at radius 1 is 1.21 bits per heavy atom. The maximum absolute atomic E-state index is 12.1. The van der Waals surface area contributed by atoms with Crippen molar-refractivity contribution in [2.45, 2.75) is 20.5 Å². The summed E-state index contributed by atoms with van der Waals surface area (Å²) in [7, 11) is 1.49. The van der Waals surface area contributed by atoms with Crippen molar-refractivity contribution in [3.8, 4) is 11.5 Å². The van der Waals surface area contributed by atoms with Gasteiger partial charge in [0.15, 0.2) is 0 Å². The van der Waals surface area contributed by atoms with E-state index in [0.717, 1.165) is 0 Å². The quantitative estimate of drug-likeness (QED) is 0.750. The Labute approximate surface area is 81.4 Å². The highest BCUT2D eigenvalue weighted by molar-refractivity contribution is 5.48. The molecule has 0 aliphatic rings. The average Bonchev–Trinajstić information content (AvgIpc) is 2.12. The summed E-state index contributed by atoms with van der Waals surface area (Å²) < 4.78 is 33.5. The van der Waals surface area contributed by atoms with E-state index in [0.29, 0.717) is 16.9 Å². The number of rotatable bonds is 3. The lowest BCUT2D eigenvalue weighted by atomic mass is 10.1. The SMILES string of the molecule is COc1ccc(C)c(OC(F)F)c1C. The van der Waals surface area contributed by atoms with Crippen LogP contribution in [0.3, 0.4) is 0 Å². The predicted molar refractivity (Wildman–Crippen MR) is 49.1 cm³/mol. The molecule has 0 radical (unpaired) electrons. The van der Waals surface area contributed by atoms with Crippen LogP contribution in [0.4, 0.5) is 8.78 Å². The molecule has 0 aliphatic carbocycles. The number of benzene rings is 1. The van der Waals surface area contributed by atoms with Crippen LogP contribution in [0, 0.1) is 13.8 Å². The molecule has 78 valence electrons. The summed E-state index contributed by atoms with van der Waals surface area (Å²) in [6.45, 7) is 0.591. The van der Waals surface area contributed by atoms with Gasteiger partial charge in [0.05, 0.1) is 7.11 Å². The van der Waals surface area contributed by atoms with E-state index in [1.54, 1.807) is 26.0 Å². The third-order valence-corrected chi connectivity index (χ3v) is 1.98. The maximum Gasteiger partial charge on any atom is 0.387 e. The lowest BCUT2D eigenvalue weighted by Crippen LogP contribution is -2.05. The normalized spacial score (nSPS) is 10.4. The molecule has 0 aromatic heterocycles. The van der Waals surface area contributed by atoms with Crippen molar-refractivity contribution >= 4 is 0 Å². The molecule has 0 unspecified atom stereocenters. The molecular weight excluding hydrogens is 190 g/mol. The number of halogens is 2. The zero-order chi connectivity index (χ0) is 10.7. The first-order chi connectivity index (χ1) is 6.56. The van der Waals surface area contributed by atoms with E-state index >= 15 is 0 Å². The fourth-order valence-corrected chi connectivity index (χ4v) is 1.30. The van der Waals surface area contributed by atoms with Crippen LogP contribution in [-0.2, 0) is 0 Å². The zero-order valence-electron chi connectivity index (χ0n) is 8.30. The molecule has 4 heteroatoms. The van der Waals surface area contributed by atoms with Crippen molar-refractivity contribution in [3.63, 3.8) is 0 Å². The number of methoxy groups -OCH3 is 1. The second-order valence-electron chi connectivity index (χ2n) is 2.92. The Balaban J connectivity index is 3.11. The van der Waals surface area contributed by atoms with Gasteiger partial charge in [-0.25, -0.2) is 0 Å². The topological polar surface area (TPSA) is 18.5 Å². The first-order valence-electron chi connectivity index (χ1n) is 4.15. The Hall–Kier alpha value is -1.32. The molecule has 1 aromatic rings. The van der Waals surface area contributed by atoms with Gasteiger partial charge in [0.2, 0.25) is 0 Å². The van der Waals surface area contributed by atoms with E-state index in [4.69, 9.17) is 4.74 Å². The molecule has 0 saturated heterocycles. The minimum absolute atomic E-state index is 0.194. The van der Waals surface area contributed by atoms with Crippen LogP contribution in [-0.4, -0.2) is 13.7 Å². The monoisotopic (exact) mass is 202 g/mol. The van der Waals surface area contributed by atoms with Gasteiger partial charge in [0.25, 0.3) is 0 Å². The number of aryl methyl sites for hydroxylation is 1. The van der Waals surface area contributed by atoms with Crippen LogP contribution < -0.4 is 9.47 Å². The fraction of sp³-hybridized carbons (Fsp3) is 0.400. The first kappa shape index (κ1) is 10.8. The largest absolute Gasteiger partial charge is 0.496 e. The smallest absolute Gasteiger partial charge is 0.387 e. The molecule has 0 heterocycles. The van der Waals surface area contributed by atoms with E-state index in [2.05, 4.69) is 4.74 Å². The van der Waals surface area contributed by atoms with Gasteiger partial charge in [-0.2, -0.15) is 8.78 Å². The van der Waals surface area contributed by atoms with Crippen LogP contribution in [0.25, 0.3) is 0 Å². The Morgan fingerprint density at radius 3 is 2.36 bits per heavy atom. The summed E-state index contributed by atoms with van der Waals surface area (Å²) in [6.07, 6.45) is 0. The highest BCUT2D eigenvalue weighted by Crippen LogP contribution is 2.31. The lowest BCUT2D eigenvalue weighted by Gasteiger charge is -2.13. The highest BCUT2D eigenvalue weighted by Gasteiger charge is 2.13. The Bertz CT molecular complexity index is 324. The molecule has 0 amide bonds. The van der Waals surface area contributed by atoms with Gasteiger partial charge < -0.3 is 9.47 Å². The van der Waals surface area contributed by atoms with Crippen LogP contribution in [0.2, 0.25) is 0 Å². The van der Waals surface area contributed by atoms with Crippen molar-refractivity contribution in [2.75, 3.05) is 7.11 Å². The Kier molecular flexibility index (Phi) is 3.28. The number of ether oxygens (including phenoxy) is 2. The summed E-state index contributed by atoms with van der Waals surface area (Å²) in [5.74, 6) is 0.741. The van der Waals surface area contributed by atoms with E-state index in [1.165, 1.54) is 7.11 Å². The molecule has 0 spiro atoms. The molecule has 1 rings (SSSR count). The summed E-state index contributed by atoms with van der Waals surface area (Å²) in [4.78, 5) is 0. The van der Waals surface area contributed by atoms with Gasteiger partial charge in [0, 0.05) is 5.56 Å². The molecule has 1 aromatic carbocycles. The van der Waals surface area contributed by atoms with Crippen molar-refractivity contribution in [2.24, 2.45) is 0 Å². The molecule has 2 nitrogen and oxygen atoms in total. The average molecular weight is 202 g/mol. The van der Waals surface area contributed by atoms with Crippen molar-refractivity contribution in [1.29, 1.82) is 0 Å². The highest BCUT2D eigenvalue weighted by atomic mass is 19.3. The molecule has 0 fully saturated rings. The molecule has 0 N–H and O–H groups in total. The van der Waals surface area contributed by atoms with E-state index < -0.39 is 6.61 Å². The van der Waals surface area contributed by atoms with Crippen molar-refractivity contribution in [3.05, 3.63) is 23.3 Å². The van der Waals surface area contributed by atoms with Crippen LogP contribution in [0.1, 0.15) is 11.1 Å². The maximum atomic E-state index is 12.1. The van der Waals surface area contributed by atoms with E-state index in [1.807, 2.05) is 0 Å². The molecule has 0 saturated carbocycles. The molecular formula is C10H12F2O2. The van der Waals surface area contributed by atoms with Crippen molar-refractivity contribution < 1.29 is 18.3 Å². The second-order valence-corrected chi connectivity index (χ2v) is 2.92. The van der Waals surface area contributed by atoms with Gasteiger partial charge in [0.1, 0.15) is 11.5 Å². The van der Waals surface area contributed by atoms with Gasteiger partial charge in [-0.1, -0.05) is 6.07 Å². The fourth-order valence-electron chi connectivity index (χ4n) is 1.30. The summed E-state index contributed by atoms with van der Waals surface area (Å²) >= 11 is 0. The van der Waals surface area contributed by atoms with Crippen LogP contribution in [0.15, 0.2) is 12.1 Å². The lowest BCUT2D eigenvalue weighted by molar-refractivity contribution is -0.0508. The summed E-state index contributed by atoms with van der Waals surface area (Å²) in [5, 5.41) is 0. The minimum Gasteiger partial charge on any atom is -0.496 e. The summed E-state index contributed by atoms with van der Waals surface area (Å²) in [6, 6.07) is 3.41. The molecule has 0 aliphatic heterocycles. The standard InChI is InChI=1S/C10H12F2O2/c1-6-4-5-8(13-3)7(2)9(6)14-10(11)12/h4-5,10H,1-3H3. The molecule has 14 heavy (non-hydrogen) atoms. The molecule has 0 bridgehead atoms. The van der Waals surface area contributed by atoms with Crippen LogP contribution in [0.5, 0.6) is 11.5 Å². The first-order valence-corrected chi connectivity index (χ1v) is 4.15. The zero-order valence-corrected chi connectivity index (χ0v) is 8.30. The summed E-state index contributed by atoms with van der Waals surface area (Å²) in [5.41, 5.74) is 1.26. The Morgan fingerprint density at radius 2 is 1.86 bits per heavy atom. The predicted octanol–water partition coefficient (Wildman–Crippen LogP) is 2.91. The third-order valence-electron chi connectivity index (χ3n) is 1.98. The third kappa shape index (κ3) is 2.13. The van der Waals surface area contributed by atoms with E-state index in [9.17, 15) is 8.78 Å². The number of hydrogen-bond acceptors (Lipinski definition) is 2. The number of hydrogen-bond donors (Lipinski definition) is 0. The van der Waals surface area contributed by atoms with E-state index in [-0.39, 0.29) is 5.75 Å². The van der Waals surface area contributed by atoms with Gasteiger partial charge in [-0.15, -0.1) is 0 Å². The minimum atomic E-state index is -2.81. The van der Waals surface area contributed by atoms with Gasteiger partial charge in [-0.3, -0.25) is 0 Å². The number of alkyl halides is 2. The second kappa shape index (κ2) is 4.26. The van der Waals surface area contributed by atoms with Crippen molar-refractivity contribution in [1.82, 2.24) is 0 Å².